The molecule has 2 aromatic rings. The highest BCUT2D eigenvalue weighted by Crippen LogP contribution is 2.29. The van der Waals surface area contributed by atoms with Gasteiger partial charge in [-0.1, -0.05) is 42.5 Å². The van der Waals surface area contributed by atoms with E-state index in [0.29, 0.717) is 19.8 Å². The van der Waals surface area contributed by atoms with Crippen molar-refractivity contribution in [3.63, 3.8) is 0 Å². The lowest BCUT2D eigenvalue weighted by Gasteiger charge is -2.39. The van der Waals surface area contributed by atoms with Crippen LogP contribution in [0.5, 0.6) is 5.75 Å². The zero-order valence-corrected chi connectivity index (χ0v) is 15.3. The van der Waals surface area contributed by atoms with E-state index in [1.54, 1.807) is 0 Å². The van der Waals surface area contributed by atoms with Gasteiger partial charge in [-0.05, 0) is 30.2 Å². The molecule has 2 unspecified atom stereocenters. The number of benzene rings is 2. The summed E-state index contributed by atoms with van der Waals surface area (Å²) >= 11 is 0. The lowest BCUT2D eigenvalue weighted by atomic mass is 10.0. The summed E-state index contributed by atoms with van der Waals surface area (Å²) in [6.45, 7) is 5.17. The fraction of sp³-hybridized carbons (Fsp3) is 0.400. The molecular formula is C20H26ClNO3. The van der Waals surface area contributed by atoms with Crippen molar-refractivity contribution in [3.05, 3.63) is 65.7 Å². The number of β-amino-alcohol motifs (C(OH)–C–C–N with tert-alkyl or cyclic N) is 1. The smallest absolute Gasteiger partial charge is 0.119 e. The van der Waals surface area contributed by atoms with Crippen molar-refractivity contribution in [2.75, 3.05) is 26.3 Å². The van der Waals surface area contributed by atoms with Crippen molar-refractivity contribution in [1.29, 1.82) is 0 Å². The molecule has 1 N–H and O–H groups in total. The summed E-state index contributed by atoms with van der Waals surface area (Å²) in [4.78, 5) is 2.27. The van der Waals surface area contributed by atoms with Crippen LogP contribution in [0.1, 0.15) is 24.2 Å². The molecule has 1 fully saturated rings. The predicted octanol–water partition coefficient (Wildman–Crippen LogP) is 3.44. The molecule has 3 rings (SSSR count). The number of nitrogens with zero attached hydrogens (tertiary/aromatic N) is 1. The molecule has 136 valence electrons. The first kappa shape index (κ1) is 19.7. The van der Waals surface area contributed by atoms with Crippen LogP contribution in [0.2, 0.25) is 0 Å². The third kappa shape index (κ3) is 5.19. The van der Waals surface area contributed by atoms with E-state index in [-0.39, 0.29) is 31.2 Å². The second-order valence-electron chi connectivity index (χ2n) is 6.13. The van der Waals surface area contributed by atoms with E-state index >= 15 is 0 Å². The number of rotatable bonds is 6. The van der Waals surface area contributed by atoms with Gasteiger partial charge in [0.2, 0.25) is 0 Å². The van der Waals surface area contributed by atoms with Crippen molar-refractivity contribution in [2.24, 2.45) is 0 Å². The van der Waals surface area contributed by atoms with Gasteiger partial charge in [0.25, 0.3) is 0 Å². The standard InChI is InChI=1S/C20H25NO3.ClH/c1-16-20(23-14-12-21(16)11-13-22)18-7-9-19(10-8-18)24-15-17-5-3-2-4-6-17;/h2-10,16,20,22H,11-15H2,1H3;1H. The van der Waals surface area contributed by atoms with Crippen molar-refractivity contribution >= 4 is 12.4 Å². The Morgan fingerprint density at radius 3 is 2.52 bits per heavy atom. The molecular weight excluding hydrogens is 338 g/mol. The highest BCUT2D eigenvalue weighted by Gasteiger charge is 2.29. The Morgan fingerprint density at radius 2 is 1.84 bits per heavy atom. The van der Waals surface area contributed by atoms with Crippen molar-refractivity contribution in [1.82, 2.24) is 4.90 Å². The van der Waals surface area contributed by atoms with Crippen LogP contribution >= 0.6 is 12.4 Å². The first-order valence-corrected chi connectivity index (χ1v) is 8.51. The van der Waals surface area contributed by atoms with Crippen LogP contribution in [-0.2, 0) is 11.3 Å². The zero-order chi connectivity index (χ0) is 16.8. The van der Waals surface area contributed by atoms with E-state index in [0.717, 1.165) is 23.4 Å². The lowest BCUT2D eigenvalue weighted by Crippen LogP contribution is -2.46. The van der Waals surface area contributed by atoms with Crippen LogP contribution in [0.3, 0.4) is 0 Å². The van der Waals surface area contributed by atoms with E-state index in [2.05, 4.69) is 36.1 Å². The highest BCUT2D eigenvalue weighted by atomic mass is 35.5. The summed E-state index contributed by atoms with van der Waals surface area (Å²) in [6, 6.07) is 18.5. The first-order chi connectivity index (χ1) is 11.8. The first-order valence-electron chi connectivity index (χ1n) is 8.51. The third-order valence-corrected chi connectivity index (χ3v) is 4.53. The van der Waals surface area contributed by atoms with E-state index in [4.69, 9.17) is 9.47 Å². The average Bonchev–Trinajstić information content (AvgIpc) is 2.63. The Bertz CT molecular complexity index is 619. The Labute approximate surface area is 155 Å². The highest BCUT2D eigenvalue weighted by molar-refractivity contribution is 5.85. The van der Waals surface area contributed by atoms with E-state index in [9.17, 15) is 5.11 Å². The van der Waals surface area contributed by atoms with Gasteiger partial charge in [0.15, 0.2) is 0 Å². The minimum Gasteiger partial charge on any atom is -0.489 e. The molecule has 1 saturated heterocycles. The summed E-state index contributed by atoms with van der Waals surface area (Å²) < 4.78 is 11.8. The molecule has 4 nitrogen and oxygen atoms in total. The number of morpholine rings is 1. The molecule has 1 heterocycles. The summed E-state index contributed by atoms with van der Waals surface area (Å²) in [5, 5.41) is 9.18. The van der Waals surface area contributed by atoms with Gasteiger partial charge in [-0.15, -0.1) is 12.4 Å². The topological polar surface area (TPSA) is 41.9 Å². The van der Waals surface area contributed by atoms with Gasteiger partial charge in [0.1, 0.15) is 12.4 Å². The Morgan fingerprint density at radius 1 is 1.12 bits per heavy atom. The molecule has 5 heteroatoms. The molecule has 0 spiro atoms. The molecule has 1 aliphatic rings. The number of aliphatic hydroxyl groups is 1. The molecule has 2 atom stereocenters. The normalized spacial score (nSPS) is 20.7. The number of hydrogen-bond donors (Lipinski definition) is 1. The predicted molar refractivity (Wildman–Crippen MR) is 101 cm³/mol. The van der Waals surface area contributed by atoms with Crippen LogP contribution < -0.4 is 4.74 Å². The Hall–Kier alpha value is -1.59. The lowest BCUT2D eigenvalue weighted by molar-refractivity contribution is -0.0704. The fourth-order valence-corrected chi connectivity index (χ4v) is 3.14. The third-order valence-electron chi connectivity index (χ3n) is 4.53. The Balaban J connectivity index is 0.00000225. The maximum atomic E-state index is 9.18. The van der Waals surface area contributed by atoms with Crippen molar-refractivity contribution in [3.8, 4) is 5.75 Å². The Kier molecular flexibility index (Phi) is 7.72. The summed E-state index contributed by atoms with van der Waals surface area (Å²) in [7, 11) is 0. The van der Waals surface area contributed by atoms with E-state index < -0.39 is 0 Å². The van der Waals surface area contributed by atoms with Gasteiger partial charge in [0.05, 0.1) is 19.3 Å². The zero-order valence-electron chi connectivity index (χ0n) is 14.5. The molecule has 0 aliphatic carbocycles. The number of ether oxygens (including phenoxy) is 2. The quantitative estimate of drug-likeness (QED) is 0.853. The minimum atomic E-state index is 0. The van der Waals surface area contributed by atoms with Gasteiger partial charge in [-0.3, -0.25) is 4.90 Å². The fourth-order valence-electron chi connectivity index (χ4n) is 3.14. The van der Waals surface area contributed by atoms with E-state index in [1.165, 1.54) is 0 Å². The summed E-state index contributed by atoms with van der Waals surface area (Å²) in [6.07, 6.45) is 0.0356. The molecule has 25 heavy (non-hydrogen) atoms. The molecule has 2 aromatic carbocycles. The van der Waals surface area contributed by atoms with Crippen molar-refractivity contribution < 1.29 is 14.6 Å². The summed E-state index contributed by atoms with van der Waals surface area (Å²) in [5.41, 5.74) is 2.31. The van der Waals surface area contributed by atoms with Gasteiger partial charge in [-0.2, -0.15) is 0 Å². The molecule has 0 saturated carbocycles. The van der Waals surface area contributed by atoms with E-state index in [1.807, 2.05) is 30.3 Å². The maximum Gasteiger partial charge on any atom is 0.119 e. The van der Waals surface area contributed by atoms with Gasteiger partial charge in [0, 0.05) is 19.1 Å². The molecule has 0 bridgehead atoms. The van der Waals surface area contributed by atoms with Gasteiger partial charge >= 0.3 is 0 Å². The number of halogens is 1. The van der Waals surface area contributed by atoms with Crippen LogP contribution in [0.4, 0.5) is 0 Å². The summed E-state index contributed by atoms with van der Waals surface area (Å²) in [5.74, 6) is 0.860. The van der Waals surface area contributed by atoms with Crippen LogP contribution in [0.15, 0.2) is 54.6 Å². The molecule has 1 aliphatic heterocycles. The second kappa shape index (κ2) is 9.78. The minimum absolute atomic E-state index is 0. The van der Waals surface area contributed by atoms with Crippen LogP contribution in [0.25, 0.3) is 0 Å². The van der Waals surface area contributed by atoms with Gasteiger partial charge in [-0.25, -0.2) is 0 Å². The average molecular weight is 364 g/mol. The monoisotopic (exact) mass is 363 g/mol. The van der Waals surface area contributed by atoms with Crippen LogP contribution in [-0.4, -0.2) is 42.4 Å². The largest absolute Gasteiger partial charge is 0.489 e. The number of aliphatic hydroxyl groups excluding tert-OH is 1. The SMILES string of the molecule is CC1C(c2ccc(OCc3ccccc3)cc2)OCCN1CCO.Cl. The van der Waals surface area contributed by atoms with Crippen LogP contribution in [0, 0.1) is 0 Å². The molecule has 0 aromatic heterocycles. The number of hydrogen-bond acceptors (Lipinski definition) is 4. The second-order valence-corrected chi connectivity index (χ2v) is 6.13. The maximum absolute atomic E-state index is 9.18. The molecule has 0 amide bonds. The van der Waals surface area contributed by atoms with Gasteiger partial charge < -0.3 is 14.6 Å². The molecule has 0 radical (unpaired) electrons. The van der Waals surface area contributed by atoms with Crippen molar-refractivity contribution in [2.45, 2.75) is 25.7 Å².